The molecule has 1 atom stereocenters. The van der Waals surface area contributed by atoms with Gasteiger partial charge in [0.2, 0.25) is 11.1 Å². The summed E-state index contributed by atoms with van der Waals surface area (Å²) in [5.74, 6) is 2.13. The fourth-order valence-corrected chi connectivity index (χ4v) is 5.52. The quantitative estimate of drug-likeness (QED) is 0.196. The monoisotopic (exact) mass is 581 g/mol. The van der Waals surface area contributed by atoms with Crippen molar-refractivity contribution in [2.75, 3.05) is 16.4 Å². The summed E-state index contributed by atoms with van der Waals surface area (Å²) in [6.45, 7) is 13.2. The first-order valence-corrected chi connectivity index (χ1v) is 15.4. The van der Waals surface area contributed by atoms with Crippen LogP contribution >= 0.6 is 11.8 Å². The van der Waals surface area contributed by atoms with Gasteiger partial charge < -0.3 is 15.4 Å². The van der Waals surface area contributed by atoms with E-state index in [0.717, 1.165) is 46.0 Å². The van der Waals surface area contributed by atoms with Gasteiger partial charge in [-0.05, 0) is 66.6 Å². The average molecular weight is 582 g/mol. The zero-order valence-corrected chi connectivity index (χ0v) is 26.0. The number of anilines is 2. The van der Waals surface area contributed by atoms with E-state index in [-0.39, 0.29) is 11.3 Å². The minimum Gasteiger partial charge on any atom is -0.489 e. The molecule has 1 aliphatic rings. The number of carbonyl (C=O) groups excluding carboxylic acids is 1. The van der Waals surface area contributed by atoms with E-state index in [1.807, 2.05) is 67.1 Å². The van der Waals surface area contributed by atoms with Crippen LogP contribution in [0.1, 0.15) is 69.3 Å². The number of rotatable bonds is 9. The molecule has 0 aliphatic carbocycles. The second-order valence-corrected chi connectivity index (χ2v) is 12.8. The molecule has 5 rings (SSSR count). The number of aryl methyl sites for hydroxylation is 1. The van der Waals surface area contributed by atoms with Gasteiger partial charge in [0.05, 0.1) is 5.57 Å². The Labute approximate surface area is 252 Å². The Morgan fingerprint density at radius 2 is 1.69 bits per heavy atom. The lowest BCUT2D eigenvalue weighted by molar-refractivity contribution is -0.113. The highest BCUT2D eigenvalue weighted by Crippen LogP contribution is 2.37. The molecule has 1 amide bonds. The molecular formula is C34H39N5O2S. The molecule has 8 heteroatoms. The molecule has 1 aromatic heterocycles. The molecule has 218 valence electrons. The zero-order chi connectivity index (χ0) is 29.9. The van der Waals surface area contributed by atoms with E-state index in [0.29, 0.717) is 23.3 Å². The molecule has 42 heavy (non-hydrogen) atoms. The molecule has 0 fully saturated rings. The van der Waals surface area contributed by atoms with Crippen LogP contribution in [0.15, 0.2) is 89.2 Å². The van der Waals surface area contributed by atoms with Crippen molar-refractivity contribution in [3.63, 3.8) is 0 Å². The minimum atomic E-state index is -0.450. The van der Waals surface area contributed by atoms with Gasteiger partial charge in [-0.25, -0.2) is 4.68 Å². The van der Waals surface area contributed by atoms with Crippen molar-refractivity contribution >= 4 is 29.3 Å². The summed E-state index contributed by atoms with van der Waals surface area (Å²) in [4.78, 5) is 18.5. The highest BCUT2D eigenvalue weighted by atomic mass is 32.2. The zero-order valence-electron chi connectivity index (χ0n) is 25.2. The van der Waals surface area contributed by atoms with Gasteiger partial charge in [0.1, 0.15) is 18.4 Å². The molecule has 2 heterocycles. The number of aromatic nitrogens is 3. The number of thioether (sulfide) groups is 1. The highest BCUT2D eigenvalue weighted by Gasteiger charge is 2.34. The number of allylic oxidation sites excluding steroid dienone is 1. The summed E-state index contributed by atoms with van der Waals surface area (Å²) in [6.07, 6.45) is 1.02. The number of nitrogens with zero attached hydrogens (tertiary/aromatic N) is 3. The molecule has 4 aromatic rings. The lowest BCUT2D eigenvalue weighted by atomic mass is 9.87. The Morgan fingerprint density at radius 1 is 1.00 bits per heavy atom. The van der Waals surface area contributed by atoms with Crippen molar-refractivity contribution in [2.24, 2.45) is 0 Å². The van der Waals surface area contributed by atoms with Crippen LogP contribution in [-0.2, 0) is 16.8 Å². The first-order chi connectivity index (χ1) is 20.1. The van der Waals surface area contributed by atoms with E-state index in [2.05, 4.69) is 62.6 Å². The number of hydrogen-bond donors (Lipinski definition) is 2. The van der Waals surface area contributed by atoms with Gasteiger partial charge >= 0.3 is 0 Å². The van der Waals surface area contributed by atoms with Crippen LogP contribution in [-0.4, -0.2) is 26.4 Å². The van der Waals surface area contributed by atoms with Crippen molar-refractivity contribution in [3.05, 3.63) is 106 Å². The number of fused-ring (bicyclic) bond motifs is 1. The van der Waals surface area contributed by atoms with Crippen LogP contribution in [0.3, 0.4) is 0 Å². The molecule has 3 aromatic carbocycles. The largest absolute Gasteiger partial charge is 0.489 e. The Kier molecular flexibility index (Phi) is 8.73. The molecule has 0 spiro atoms. The predicted octanol–water partition coefficient (Wildman–Crippen LogP) is 7.89. The average Bonchev–Trinajstić information content (AvgIpc) is 3.37. The molecule has 1 aliphatic heterocycles. The van der Waals surface area contributed by atoms with Crippen LogP contribution in [0.5, 0.6) is 5.75 Å². The van der Waals surface area contributed by atoms with E-state index in [9.17, 15) is 4.79 Å². The molecular weight excluding hydrogens is 542 g/mol. The summed E-state index contributed by atoms with van der Waals surface area (Å²) in [6, 6.07) is 23.8. The Morgan fingerprint density at radius 3 is 2.33 bits per heavy atom. The smallest absolute Gasteiger partial charge is 0.255 e. The minimum absolute atomic E-state index is 0.117. The second kappa shape index (κ2) is 12.4. The standard InChI is InChI=1S/C34H39N5O2S/c1-7-20-42-33-37-32-35-23(3)29(31(40)36-27-16-8-22(2)9-17-27)30(39(32)38-33)25-12-18-28(19-13-25)41-21-24-10-14-26(15-11-24)34(4,5)6/h8-19,30H,7,20-21H2,1-6H3,(H,36,40)(H,35,37,38). The summed E-state index contributed by atoms with van der Waals surface area (Å²) >= 11 is 1.61. The number of amides is 1. The topological polar surface area (TPSA) is 81.1 Å². The maximum Gasteiger partial charge on any atom is 0.255 e. The third kappa shape index (κ3) is 6.71. The highest BCUT2D eigenvalue weighted by molar-refractivity contribution is 7.99. The molecule has 0 saturated heterocycles. The van der Waals surface area contributed by atoms with Crippen molar-refractivity contribution in [2.45, 2.75) is 71.2 Å². The molecule has 2 N–H and O–H groups in total. The number of ether oxygens (including phenoxy) is 1. The van der Waals surface area contributed by atoms with Gasteiger partial charge in [0, 0.05) is 17.1 Å². The lowest BCUT2D eigenvalue weighted by Gasteiger charge is -2.28. The summed E-state index contributed by atoms with van der Waals surface area (Å²) in [5, 5.41) is 11.9. The molecule has 0 bridgehead atoms. The molecule has 0 saturated carbocycles. The van der Waals surface area contributed by atoms with Crippen LogP contribution in [0.4, 0.5) is 11.6 Å². The Hall–Kier alpha value is -4.04. The normalized spacial score (nSPS) is 14.8. The SMILES string of the molecule is CCCSc1nc2n(n1)C(c1ccc(OCc3ccc(C(C)(C)C)cc3)cc1)C(C(=O)Nc1ccc(C)cc1)=C(C)N2. The third-order valence-corrected chi connectivity index (χ3v) is 8.29. The van der Waals surface area contributed by atoms with Crippen molar-refractivity contribution in [1.82, 2.24) is 14.8 Å². The molecule has 0 radical (unpaired) electrons. The Bertz CT molecular complexity index is 1570. The van der Waals surface area contributed by atoms with Gasteiger partial charge in [-0.15, -0.1) is 5.10 Å². The van der Waals surface area contributed by atoms with Crippen LogP contribution in [0, 0.1) is 6.92 Å². The summed E-state index contributed by atoms with van der Waals surface area (Å²) in [5.41, 5.74) is 6.66. The van der Waals surface area contributed by atoms with Crippen molar-refractivity contribution in [3.8, 4) is 5.75 Å². The lowest BCUT2D eigenvalue weighted by Crippen LogP contribution is -2.31. The first-order valence-electron chi connectivity index (χ1n) is 14.4. The van der Waals surface area contributed by atoms with Crippen molar-refractivity contribution < 1.29 is 9.53 Å². The van der Waals surface area contributed by atoms with E-state index >= 15 is 0 Å². The predicted molar refractivity (Wildman–Crippen MR) is 171 cm³/mol. The van der Waals surface area contributed by atoms with Gasteiger partial charge in [0.25, 0.3) is 5.91 Å². The van der Waals surface area contributed by atoms with Crippen LogP contribution in [0.25, 0.3) is 0 Å². The number of benzene rings is 3. The fraction of sp³-hybridized carbons (Fsp3) is 0.324. The fourth-order valence-electron chi connectivity index (χ4n) is 4.84. The maximum absolute atomic E-state index is 13.7. The number of hydrogen-bond acceptors (Lipinski definition) is 6. The van der Waals surface area contributed by atoms with Gasteiger partial charge in [0.15, 0.2) is 0 Å². The van der Waals surface area contributed by atoms with Gasteiger partial charge in [-0.3, -0.25) is 4.79 Å². The molecule has 7 nitrogen and oxygen atoms in total. The number of nitrogens with one attached hydrogen (secondary N) is 2. The number of carbonyl (C=O) groups is 1. The second-order valence-electron chi connectivity index (χ2n) is 11.7. The third-order valence-electron chi connectivity index (χ3n) is 7.24. The van der Waals surface area contributed by atoms with Gasteiger partial charge in [-0.2, -0.15) is 4.98 Å². The van der Waals surface area contributed by atoms with E-state index in [1.54, 1.807) is 11.8 Å². The van der Waals surface area contributed by atoms with Crippen LogP contribution < -0.4 is 15.4 Å². The van der Waals surface area contributed by atoms with E-state index in [4.69, 9.17) is 14.8 Å². The van der Waals surface area contributed by atoms with Crippen molar-refractivity contribution in [1.29, 1.82) is 0 Å². The van der Waals surface area contributed by atoms with Gasteiger partial charge in [-0.1, -0.05) is 93.6 Å². The summed E-state index contributed by atoms with van der Waals surface area (Å²) < 4.78 is 7.94. The van der Waals surface area contributed by atoms with Crippen LogP contribution in [0.2, 0.25) is 0 Å². The van der Waals surface area contributed by atoms with E-state index < -0.39 is 6.04 Å². The maximum atomic E-state index is 13.7. The van der Waals surface area contributed by atoms with E-state index in [1.165, 1.54) is 5.56 Å². The first kappa shape index (κ1) is 29.5. The molecule has 1 unspecified atom stereocenters. The Balaban J connectivity index is 1.40. The summed E-state index contributed by atoms with van der Waals surface area (Å²) in [7, 11) is 0.